The molecule has 0 spiro atoms. The highest BCUT2D eigenvalue weighted by molar-refractivity contribution is 7.85. The molecule has 6 nitrogen and oxygen atoms in total. The first-order chi connectivity index (χ1) is 12.0. The maximum absolute atomic E-state index is 12.3. The van der Waals surface area contributed by atoms with Gasteiger partial charge in [-0.25, -0.2) is 4.79 Å². The Labute approximate surface area is 151 Å². The predicted molar refractivity (Wildman–Crippen MR) is 95.9 cm³/mol. The van der Waals surface area contributed by atoms with Crippen molar-refractivity contribution in [3.8, 4) is 6.07 Å². The van der Waals surface area contributed by atoms with E-state index in [0.29, 0.717) is 21.2 Å². The zero-order valence-electron chi connectivity index (χ0n) is 13.6. The maximum atomic E-state index is 12.3. The van der Waals surface area contributed by atoms with Crippen molar-refractivity contribution < 1.29 is 18.5 Å². The van der Waals surface area contributed by atoms with E-state index in [0.717, 1.165) is 0 Å². The molecule has 0 fully saturated rings. The molecular formula is C17H16N2O4S2. The van der Waals surface area contributed by atoms with E-state index in [-0.39, 0.29) is 5.56 Å². The van der Waals surface area contributed by atoms with Crippen LogP contribution in [0, 0.1) is 11.3 Å². The van der Waals surface area contributed by atoms with Crippen molar-refractivity contribution in [3.63, 3.8) is 0 Å². The minimum Gasteiger partial charge on any atom is -0.449 e. The molecule has 0 bridgehead atoms. The van der Waals surface area contributed by atoms with Crippen LogP contribution in [0.15, 0.2) is 40.6 Å². The summed E-state index contributed by atoms with van der Waals surface area (Å²) in [6.45, 7) is 3.19. The van der Waals surface area contributed by atoms with Crippen LogP contribution in [0.1, 0.15) is 29.8 Å². The Balaban J connectivity index is 2.09. The van der Waals surface area contributed by atoms with E-state index in [1.54, 1.807) is 36.6 Å². The van der Waals surface area contributed by atoms with Crippen molar-refractivity contribution in [3.05, 3.63) is 46.8 Å². The van der Waals surface area contributed by atoms with Crippen molar-refractivity contribution in [1.82, 2.24) is 0 Å². The molecule has 8 heteroatoms. The third kappa shape index (κ3) is 4.53. The minimum absolute atomic E-state index is 0.177. The van der Waals surface area contributed by atoms with Crippen molar-refractivity contribution in [2.45, 2.75) is 24.8 Å². The molecule has 0 aliphatic carbocycles. The summed E-state index contributed by atoms with van der Waals surface area (Å²) >= 11 is 1.21. The summed E-state index contributed by atoms with van der Waals surface area (Å²) in [4.78, 5) is 24.9. The molecule has 130 valence electrons. The van der Waals surface area contributed by atoms with E-state index >= 15 is 0 Å². The molecule has 1 aromatic carbocycles. The second-order valence-electron chi connectivity index (χ2n) is 4.94. The molecule has 0 aliphatic heterocycles. The molecule has 2 aromatic rings. The van der Waals surface area contributed by atoms with E-state index < -0.39 is 28.8 Å². The van der Waals surface area contributed by atoms with Gasteiger partial charge in [0.25, 0.3) is 5.91 Å². The first kappa shape index (κ1) is 18.8. The van der Waals surface area contributed by atoms with Crippen LogP contribution >= 0.6 is 11.3 Å². The lowest BCUT2D eigenvalue weighted by Crippen LogP contribution is -2.30. The minimum atomic E-state index is -1.31. The average Bonchev–Trinajstić information content (AvgIpc) is 3.07. The normalized spacial score (nSPS) is 12.7. The number of rotatable bonds is 6. The van der Waals surface area contributed by atoms with Gasteiger partial charge in [-0.2, -0.15) is 5.26 Å². The van der Waals surface area contributed by atoms with E-state index in [1.807, 2.05) is 6.07 Å². The van der Waals surface area contributed by atoms with E-state index in [4.69, 9.17) is 10.00 Å². The third-order valence-corrected chi connectivity index (χ3v) is 5.49. The Morgan fingerprint density at radius 3 is 2.76 bits per heavy atom. The van der Waals surface area contributed by atoms with E-state index in [1.165, 1.54) is 24.3 Å². The predicted octanol–water partition coefficient (Wildman–Crippen LogP) is 2.93. The van der Waals surface area contributed by atoms with Crippen LogP contribution in [-0.2, 0) is 20.3 Å². The van der Waals surface area contributed by atoms with Crippen LogP contribution in [0.25, 0.3) is 0 Å². The van der Waals surface area contributed by atoms with E-state index in [9.17, 15) is 13.8 Å². The number of thiophene rings is 1. The zero-order valence-corrected chi connectivity index (χ0v) is 15.3. The summed E-state index contributed by atoms with van der Waals surface area (Å²) in [7, 11) is -1.31. The van der Waals surface area contributed by atoms with Gasteiger partial charge in [0.1, 0.15) is 11.1 Å². The summed E-state index contributed by atoms with van der Waals surface area (Å²) < 4.78 is 17.2. The smallest absolute Gasteiger partial charge is 0.340 e. The van der Waals surface area contributed by atoms with Crippen molar-refractivity contribution in [2.24, 2.45) is 0 Å². The monoisotopic (exact) mass is 376 g/mol. The van der Waals surface area contributed by atoms with Crippen molar-refractivity contribution in [1.29, 1.82) is 5.26 Å². The number of carbonyl (C=O) groups is 2. The summed E-state index contributed by atoms with van der Waals surface area (Å²) in [5.41, 5.74) is 0.525. The average molecular weight is 376 g/mol. The molecule has 0 unspecified atom stereocenters. The second-order valence-corrected chi connectivity index (χ2v) is 7.57. The van der Waals surface area contributed by atoms with Gasteiger partial charge in [-0.05, 0) is 30.5 Å². The van der Waals surface area contributed by atoms with Crippen molar-refractivity contribution in [2.75, 3.05) is 11.1 Å². The Morgan fingerprint density at radius 2 is 2.08 bits per heavy atom. The molecule has 1 aromatic heterocycles. The number of amides is 1. The number of benzene rings is 1. The maximum Gasteiger partial charge on any atom is 0.340 e. The number of esters is 1. The van der Waals surface area contributed by atoms with Crippen LogP contribution in [0.3, 0.4) is 0 Å². The standard InChI is InChI=1S/C17H16N2O4S2/c1-3-25(22)14-7-5-4-6-13(14)17(21)23-11(2)15(20)19-16-12(10-18)8-9-24-16/h4-9,11H,3H2,1-2H3,(H,19,20)/t11-,25+/m0/s1. The lowest BCUT2D eigenvalue weighted by atomic mass is 10.2. The molecular weight excluding hydrogens is 360 g/mol. The molecule has 1 amide bonds. The molecule has 0 saturated carbocycles. The van der Waals surface area contributed by atoms with Crippen LogP contribution in [0.4, 0.5) is 5.00 Å². The van der Waals surface area contributed by atoms with Gasteiger partial charge in [-0.1, -0.05) is 19.1 Å². The highest BCUT2D eigenvalue weighted by atomic mass is 32.2. The van der Waals surface area contributed by atoms with Gasteiger partial charge >= 0.3 is 5.97 Å². The van der Waals surface area contributed by atoms with Gasteiger partial charge in [-0.15, -0.1) is 11.3 Å². The number of anilines is 1. The van der Waals surface area contributed by atoms with Gasteiger partial charge in [-0.3, -0.25) is 9.00 Å². The second kappa shape index (κ2) is 8.55. The van der Waals surface area contributed by atoms with Gasteiger partial charge in [0, 0.05) is 5.75 Å². The largest absolute Gasteiger partial charge is 0.449 e. The summed E-state index contributed by atoms with van der Waals surface area (Å²) in [5.74, 6) is -0.886. The number of hydrogen-bond donors (Lipinski definition) is 1. The van der Waals surface area contributed by atoms with Crippen LogP contribution in [0.2, 0.25) is 0 Å². The first-order valence-corrected chi connectivity index (χ1v) is 9.64. The highest BCUT2D eigenvalue weighted by Gasteiger charge is 2.23. The number of carbonyl (C=O) groups excluding carboxylic acids is 2. The molecule has 1 N–H and O–H groups in total. The zero-order chi connectivity index (χ0) is 18.4. The number of nitrogens with one attached hydrogen (secondary N) is 1. The Bertz CT molecular complexity index is 854. The summed E-state index contributed by atoms with van der Waals surface area (Å²) in [5, 5.41) is 13.6. The number of hydrogen-bond acceptors (Lipinski definition) is 6. The molecule has 1 heterocycles. The molecule has 0 aliphatic rings. The van der Waals surface area contributed by atoms with Crippen molar-refractivity contribution >= 4 is 39.0 Å². The highest BCUT2D eigenvalue weighted by Crippen LogP contribution is 2.22. The van der Waals surface area contributed by atoms with Gasteiger partial charge in [0.2, 0.25) is 0 Å². The SMILES string of the molecule is CC[S@@](=O)c1ccccc1C(=O)O[C@@H](C)C(=O)Nc1sccc1C#N. The molecule has 25 heavy (non-hydrogen) atoms. The van der Waals surface area contributed by atoms with Gasteiger partial charge in [0.05, 0.1) is 26.8 Å². The molecule has 2 rings (SSSR count). The number of nitriles is 1. The van der Waals surface area contributed by atoms with Crippen LogP contribution in [0.5, 0.6) is 0 Å². The topological polar surface area (TPSA) is 96.3 Å². The Hall–Kier alpha value is -2.50. The Morgan fingerprint density at radius 1 is 1.36 bits per heavy atom. The molecule has 2 atom stereocenters. The fourth-order valence-electron chi connectivity index (χ4n) is 1.97. The van der Waals surface area contributed by atoms with Gasteiger partial charge in [0.15, 0.2) is 6.10 Å². The first-order valence-electron chi connectivity index (χ1n) is 7.44. The van der Waals surface area contributed by atoms with Crippen LogP contribution < -0.4 is 5.32 Å². The Kier molecular flexibility index (Phi) is 6.44. The van der Waals surface area contributed by atoms with Crippen LogP contribution in [-0.4, -0.2) is 27.9 Å². The van der Waals surface area contributed by atoms with Gasteiger partial charge < -0.3 is 10.1 Å². The molecule has 0 saturated heterocycles. The molecule has 0 radical (unpaired) electrons. The third-order valence-electron chi connectivity index (χ3n) is 3.29. The summed E-state index contributed by atoms with van der Waals surface area (Å²) in [6, 6.07) is 10.0. The lowest BCUT2D eigenvalue weighted by Gasteiger charge is -2.14. The van der Waals surface area contributed by atoms with E-state index in [2.05, 4.69) is 5.32 Å². The number of ether oxygens (including phenoxy) is 1. The number of nitrogens with zero attached hydrogens (tertiary/aromatic N) is 1. The fourth-order valence-corrected chi connectivity index (χ4v) is 3.65. The fraction of sp³-hybridized carbons (Fsp3) is 0.235. The summed E-state index contributed by atoms with van der Waals surface area (Å²) in [6.07, 6.45) is -1.07. The quantitative estimate of drug-likeness (QED) is 0.782. The lowest BCUT2D eigenvalue weighted by molar-refractivity contribution is -0.123.